The molecule has 2 aliphatic heterocycles. The first-order chi connectivity index (χ1) is 15.9. The number of aliphatic hydroxyl groups excluding tert-OH is 1. The third-order valence-corrected chi connectivity index (χ3v) is 6.98. The summed E-state index contributed by atoms with van der Waals surface area (Å²) in [4.78, 5) is 11.4. The third kappa shape index (κ3) is 3.93. The molecule has 33 heavy (non-hydrogen) atoms. The summed E-state index contributed by atoms with van der Waals surface area (Å²) in [6, 6.07) is 4.30. The number of aromatic amines is 1. The minimum Gasteiger partial charge on any atom is -0.390 e. The van der Waals surface area contributed by atoms with Gasteiger partial charge in [0.05, 0.1) is 24.9 Å². The molecule has 3 aromatic rings. The molecule has 2 aromatic heterocycles. The van der Waals surface area contributed by atoms with Crippen LogP contribution in [0.5, 0.6) is 0 Å². The summed E-state index contributed by atoms with van der Waals surface area (Å²) < 4.78 is 19.8. The van der Waals surface area contributed by atoms with E-state index in [0.29, 0.717) is 40.0 Å². The lowest BCUT2D eigenvalue weighted by Gasteiger charge is -2.41. The van der Waals surface area contributed by atoms with E-state index in [4.69, 9.17) is 22.1 Å². The van der Waals surface area contributed by atoms with Gasteiger partial charge in [0.2, 0.25) is 0 Å². The predicted octanol–water partition coefficient (Wildman–Crippen LogP) is 2.37. The van der Waals surface area contributed by atoms with Gasteiger partial charge < -0.3 is 20.5 Å². The van der Waals surface area contributed by atoms with Crippen LogP contribution in [0, 0.1) is 23.1 Å². The lowest BCUT2D eigenvalue weighted by molar-refractivity contribution is 0.0973. The Morgan fingerprint density at radius 3 is 2.79 bits per heavy atom. The number of nitrogens with zero attached hydrogens (tertiary/aromatic N) is 4. The number of aromatic nitrogens is 4. The van der Waals surface area contributed by atoms with Crippen molar-refractivity contribution in [1.82, 2.24) is 20.2 Å². The van der Waals surface area contributed by atoms with E-state index in [1.165, 1.54) is 12.1 Å². The number of hydrogen-bond acceptors (Lipinski definition) is 7. The molecule has 0 amide bonds. The second-order valence-corrected chi connectivity index (χ2v) is 9.12. The highest BCUT2D eigenvalue weighted by molar-refractivity contribution is 6.30. The van der Waals surface area contributed by atoms with Gasteiger partial charge in [0.1, 0.15) is 17.0 Å². The molecule has 4 N–H and O–H groups in total. The summed E-state index contributed by atoms with van der Waals surface area (Å²) in [7, 11) is 0. The van der Waals surface area contributed by atoms with Gasteiger partial charge in [-0.3, -0.25) is 5.10 Å². The second-order valence-electron chi connectivity index (χ2n) is 8.69. The van der Waals surface area contributed by atoms with Gasteiger partial charge in [-0.25, -0.2) is 14.4 Å². The van der Waals surface area contributed by atoms with E-state index in [2.05, 4.69) is 36.9 Å². The van der Waals surface area contributed by atoms with Crippen molar-refractivity contribution in [3.8, 4) is 11.8 Å². The van der Waals surface area contributed by atoms with Crippen molar-refractivity contribution in [2.45, 2.75) is 38.5 Å². The minimum atomic E-state index is -0.510. The van der Waals surface area contributed by atoms with Gasteiger partial charge in [0.15, 0.2) is 17.2 Å². The maximum absolute atomic E-state index is 14.0. The summed E-state index contributed by atoms with van der Waals surface area (Å²) in [5.41, 5.74) is 8.27. The number of aliphatic hydroxyl groups is 1. The molecular formula is C23H24ClFN6O2. The number of piperidine rings is 1. The highest BCUT2D eigenvalue weighted by Crippen LogP contribution is 2.42. The van der Waals surface area contributed by atoms with E-state index >= 15 is 0 Å². The molecule has 2 aliphatic rings. The van der Waals surface area contributed by atoms with Crippen molar-refractivity contribution in [2.75, 3.05) is 24.6 Å². The van der Waals surface area contributed by atoms with Crippen molar-refractivity contribution in [3.63, 3.8) is 0 Å². The fraction of sp³-hybridized carbons (Fsp3) is 0.435. The van der Waals surface area contributed by atoms with Crippen LogP contribution >= 0.6 is 11.6 Å². The summed E-state index contributed by atoms with van der Waals surface area (Å²) in [6.45, 7) is 3.91. The fourth-order valence-corrected chi connectivity index (χ4v) is 4.83. The van der Waals surface area contributed by atoms with Crippen LogP contribution in [-0.4, -0.2) is 57.1 Å². The number of benzene rings is 1. The van der Waals surface area contributed by atoms with E-state index in [0.717, 1.165) is 25.9 Å². The quantitative estimate of drug-likeness (QED) is 0.493. The van der Waals surface area contributed by atoms with Crippen LogP contribution in [0.2, 0.25) is 5.02 Å². The summed E-state index contributed by atoms with van der Waals surface area (Å²) in [5, 5.41) is 17.3. The van der Waals surface area contributed by atoms with E-state index in [9.17, 15) is 9.50 Å². The molecule has 1 spiro atoms. The van der Waals surface area contributed by atoms with Gasteiger partial charge in [-0.1, -0.05) is 17.5 Å². The Balaban J connectivity index is 1.42. The SMILES string of the molecule is C[C@@H]1OCC2(CCN(c3nc4[nH]nc(C#Cc5ccc(Cl)cc5F)c4nc3CO)CC2)[C@@H]1N. The van der Waals surface area contributed by atoms with Crippen LogP contribution in [0.3, 0.4) is 0 Å². The first-order valence-corrected chi connectivity index (χ1v) is 11.2. The molecule has 5 rings (SSSR count). The van der Waals surface area contributed by atoms with E-state index in [1.807, 2.05) is 6.92 Å². The molecule has 2 saturated heterocycles. The van der Waals surface area contributed by atoms with Crippen LogP contribution in [0.4, 0.5) is 10.2 Å². The van der Waals surface area contributed by atoms with Crippen LogP contribution in [0.25, 0.3) is 11.2 Å². The molecule has 8 nitrogen and oxygen atoms in total. The average Bonchev–Trinajstić information content (AvgIpc) is 3.34. The number of halogens is 2. The standard InChI is InChI=1S/C23H24ClFN6O2/c1-13-20(26)23(12-33-13)6-8-31(9-7-23)22-18(11-32)27-19-17(29-30-21(19)28-22)5-3-14-2-4-15(24)10-16(14)25/h2,4,10,13,20,32H,6-9,11-12,26H2,1H3,(H,28,29,30)/t13-,20+/m0/s1. The lowest BCUT2D eigenvalue weighted by atomic mass is 9.73. The zero-order valence-electron chi connectivity index (χ0n) is 18.1. The Morgan fingerprint density at radius 1 is 1.33 bits per heavy atom. The van der Waals surface area contributed by atoms with Gasteiger partial charge in [-0.2, -0.15) is 5.10 Å². The minimum absolute atomic E-state index is 0.0134. The molecule has 0 saturated carbocycles. The van der Waals surface area contributed by atoms with Gasteiger partial charge in [-0.15, -0.1) is 0 Å². The first kappa shape index (κ1) is 22.0. The van der Waals surface area contributed by atoms with Crippen molar-refractivity contribution in [1.29, 1.82) is 0 Å². The molecule has 4 heterocycles. The van der Waals surface area contributed by atoms with E-state index in [-0.39, 0.29) is 29.7 Å². The Hall–Kier alpha value is -2.77. The van der Waals surface area contributed by atoms with Gasteiger partial charge in [0.25, 0.3) is 0 Å². The highest BCUT2D eigenvalue weighted by Gasteiger charge is 2.47. The van der Waals surface area contributed by atoms with E-state index in [1.54, 1.807) is 6.07 Å². The molecule has 2 atom stereocenters. The number of fused-ring (bicyclic) bond motifs is 1. The molecule has 0 bridgehead atoms. The molecule has 0 unspecified atom stereocenters. The Labute approximate surface area is 195 Å². The van der Waals surface area contributed by atoms with Gasteiger partial charge in [-0.05, 0) is 43.9 Å². The normalized spacial score (nSPS) is 22.0. The molecular weight excluding hydrogens is 447 g/mol. The summed E-state index contributed by atoms with van der Waals surface area (Å²) >= 11 is 5.79. The van der Waals surface area contributed by atoms with Crippen LogP contribution in [0.1, 0.15) is 36.7 Å². The van der Waals surface area contributed by atoms with Gasteiger partial charge in [0, 0.05) is 29.6 Å². The summed E-state index contributed by atoms with van der Waals surface area (Å²) in [5.74, 6) is 5.70. The van der Waals surface area contributed by atoms with Crippen molar-refractivity contribution in [2.24, 2.45) is 11.1 Å². The van der Waals surface area contributed by atoms with Crippen molar-refractivity contribution >= 4 is 28.6 Å². The smallest absolute Gasteiger partial charge is 0.177 e. The monoisotopic (exact) mass is 470 g/mol. The van der Waals surface area contributed by atoms with Crippen LogP contribution < -0.4 is 10.6 Å². The first-order valence-electron chi connectivity index (χ1n) is 10.9. The summed E-state index contributed by atoms with van der Waals surface area (Å²) in [6.07, 6.45) is 1.83. The molecule has 2 fully saturated rings. The average molecular weight is 471 g/mol. The maximum atomic E-state index is 14.0. The molecule has 10 heteroatoms. The van der Waals surface area contributed by atoms with Crippen molar-refractivity contribution in [3.05, 3.63) is 46.0 Å². The number of nitrogens with two attached hydrogens (primary N) is 1. The van der Waals surface area contributed by atoms with E-state index < -0.39 is 5.82 Å². The zero-order valence-corrected chi connectivity index (χ0v) is 18.9. The Bertz CT molecular complexity index is 1260. The Morgan fingerprint density at radius 2 is 2.12 bits per heavy atom. The predicted molar refractivity (Wildman–Crippen MR) is 122 cm³/mol. The maximum Gasteiger partial charge on any atom is 0.177 e. The second kappa shape index (κ2) is 8.54. The van der Waals surface area contributed by atoms with Crippen LogP contribution in [-0.2, 0) is 11.3 Å². The highest BCUT2D eigenvalue weighted by atomic mass is 35.5. The zero-order chi connectivity index (χ0) is 23.2. The number of nitrogens with one attached hydrogen (secondary N) is 1. The number of ether oxygens (including phenoxy) is 1. The molecule has 0 aliphatic carbocycles. The topological polar surface area (TPSA) is 113 Å². The number of H-pyrrole nitrogens is 1. The third-order valence-electron chi connectivity index (χ3n) is 6.75. The largest absolute Gasteiger partial charge is 0.390 e. The lowest BCUT2D eigenvalue weighted by Crippen LogP contribution is -2.51. The molecule has 0 radical (unpaired) electrons. The molecule has 172 valence electrons. The number of hydrogen-bond donors (Lipinski definition) is 3. The Kier molecular flexibility index (Phi) is 5.70. The number of anilines is 1. The number of rotatable bonds is 2. The van der Waals surface area contributed by atoms with Gasteiger partial charge >= 0.3 is 0 Å². The molecule has 1 aromatic carbocycles. The van der Waals surface area contributed by atoms with Crippen molar-refractivity contribution < 1.29 is 14.2 Å². The van der Waals surface area contributed by atoms with Crippen LogP contribution in [0.15, 0.2) is 18.2 Å². The fourth-order valence-electron chi connectivity index (χ4n) is 4.67.